The number of hydrogen-bond acceptors (Lipinski definition) is 4. The Labute approximate surface area is 124 Å². The van der Waals surface area contributed by atoms with Gasteiger partial charge in [0.25, 0.3) is 0 Å². The van der Waals surface area contributed by atoms with Crippen LogP contribution in [0, 0.1) is 6.92 Å². The predicted octanol–water partition coefficient (Wildman–Crippen LogP) is 1.62. The molecule has 0 bridgehead atoms. The molecule has 0 unspecified atom stereocenters. The van der Waals surface area contributed by atoms with Gasteiger partial charge in [0.15, 0.2) is 0 Å². The van der Waals surface area contributed by atoms with Gasteiger partial charge in [0.1, 0.15) is 0 Å². The monoisotopic (exact) mass is 292 g/mol. The van der Waals surface area contributed by atoms with Gasteiger partial charge in [0.2, 0.25) is 5.91 Å². The van der Waals surface area contributed by atoms with Crippen LogP contribution in [-0.2, 0) is 20.9 Å². The molecule has 6 nitrogen and oxygen atoms in total. The number of ether oxygens (including phenoxy) is 1. The second-order valence-electron chi connectivity index (χ2n) is 4.64. The van der Waals surface area contributed by atoms with Crippen LogP contribution >= 0.6 is 0 Å². The largest absolute Gasteiger partial charge is 0.469 e. The number of carbonyl (C=O) groups is 3. The lowest BCUT2D eigenvalue weighted by atomic mass is 10.1. The zero-order valence-electron chi connectivity index (χ0n) is 12.5. The minimum Gasteiger partial charge on any atom is -0.469 e. The van der Waals surface area contributed by atoms with Gasteiger partial charge in [-0.1, -0.05) is 29.8 Å². The molecule has 0 aromatic heterocycles. The summed E-state index contributed by atoms with van der Waals surface area (Å²) in [7, 11) is 1.26. The molecule has 6 heteroatoms. The molecule has 0 fully saturated rings. The van der Waals surface area contributed by atoms with Gasteiger partial charge in [0, 0.05) is 20.0 Å². The summed E-state index contributed by atoms with van der Waals surface area (Å²) in [5, 5.41) is 2.66. The van der Waals surface area contributed by atoms with Crippen LogP contribution in [0.3, 0.4) is 0 Å². The Morgan fingerprint density at radius 3 is 2.33 bits per heavy atom. The molecule has 0 aliphatic heterocycles. The summed E-state index contributed by atoms with van der Waals surface area (Å²) in [5.74, 6) is -0.882. The Hall–Kier alpha value is -2.37. The number of urea groups is 1. The maximum atomic E-state index is 12.0. The van der Waals surface area contributed by atoms with Crippen LogP contribution in [0.5, 0.6) is 0 Å². The van der Waals surface area contributed by atoms with Gasteiger partial charge in [-0.15, -0.1) is 0 Å². The van der Waals surface area contributed by atoms with Gasteiger partial charge in [-0.2, -0.15) is 0 Å². The minimum absolute atomic E-state index is 0.00172. The molecule has 0 saturated carbocycles. The van der Waals surface area contributed by atoms with Gasteiger partial charge >= 0.3 is 12.0 Å². The quantitative estimate of drug-likeness (QED) is 0.837. The molecule has 21 heavy (non-hydrogen) atoms. The van der Waals surface area contributed by atoms with Crippen LogP contribution in [0.2, 0.25) is 0 Å². The highest BCUT2D eigenvalue weighted by molar-refractivity contribution is 5.93. The number of amides is 3. The number of nitrogens with zero attached hydrogens (tertiary/aromatic N) is 1. The van der Waals surface area contributed by atoms with Gasteiger partial charge in [0.05, 0.1) is 13.5 Å². The number of imide groups is 1. The highest BCUT2D eigenvalue weighted by Gasteiger charge is 2.18. The third-order valence-corrected chi connectivity index (χ3v) is 2.96. The van der Waals surface area contributed by atoms with Gasteiger partial charge in [-0.25, -0.2) is 4.79 Å². The Kier molecular flexibility index (Phi) is 6.39. The van der Waals surface area contributed by atoms with E-state index in [0.717, 1.165) is 16.0 Å². The molecule has 0 heterocycles. The molecule has 1 aromatic rings. The number of benzene rings is 1. The predicted molar refractivity (Wildman–Crippen MR) is 77.4 cm³/mol. The van der Waals surface area contributed by atoms with E-state index in [4.69, 9.17) is 0 Å². The number of nitrogens with one attached hydrogen (secondary N) is 1. The van der Waals surface area contributed by atoms with Crippen LogP contribution in [0.15, 0.2) is 24.3 Å². The number of rotatable bonds is 5. The van der Waals surface area contributed by atoms with E-state index in [0.29, 0.717) is 6.54 Å². The van der Waals surface area contributed by atoms with Gasteiger partial charge in [-0.05, 0) is 12.5 Å². The Morgan fingerprint density at radius 1 is 1.19 bits per heavy atom. The normalized spacial score (nSPS) is 9.86. The minimum atomic E-state index is -0.521. The first kappa shape index (κ1) is 16.7. The second-order valence-corrected chi connectivity index (χ2v) is 4.64. The number of esters is 1. The molecule has 0 radical (unpaired) electrons. The summed E-state index contributed by atoms with van der Waals surface area (Å²) in [6.45, 7) is 3.58. The van der Waals surface area contributed by atoms with Gasteiger partial charge in [-0.3, -0.25) is 14.5 Å². The average molecular weight is 292 g/mol. The van der Waals surface area contributed by atoms with Crippen molar-refractivity contribution in [3.63, 3.8) is 0 Å². The standard InChI is InChI=1S/C15H20N2O4/c1-11-4-6-13(7-5-11)10-16-15(20)17(12(2)18)9-8-14(19)21-3/h4-7H,8-10H2,1-3H3,(H,16,20). The maximum absolute atomic E-state index is 12.0. The fourth-order valence-electron chi connectivity index (χ4n) is 1.69. The molecule has 0 atom stereocenters. The highest BCUT2D eigenvalue weighted by Crippen LogP contribution is 2.03. The van der Waals surface area contributed by atoms with Crippen molar-refractivity contribution in [3.8, 4) is 0 Å². The average Bonchev–Trinajstić information content (AvgIpc) is 2.46. The van der Waals surface area contributed by atoms with E-state index < -0.39 is 17.9 Å². The molecule has 0 spiro atoms. The van der Waals surface area contributed by atoms with Crippen molar-refractivity contribution in [3.05, 3.63) is 35.4 Å². The maximum Gasteiger partial charge on any atom is 0.324 e. The zero-order chi connectivity index (χ0) is 15.8. The molecular weight excluding hydrogens is 272 g/mol. The summed E-state index contributed by atoms with van der Waals surface area (Å²) in [4.78, 5) is 35.5. The lowest BCUT2D eigenvalue weighted by Gasteiger charge is -2.19. The third-order valence-electron chi connectivity index (χ3n) is 2.96. The SMILES string of the molecule is COC(=O)CCN(C(C)=O)C(=O)NCc1ccc(C)cc1. The smallest absolute Gasteiger partial charge is 0.324 e. The van der Waals surface area contributed by atoms with Crippen LogP contribution in [0.1, 0.15) is 24.5 Å². The highest BCUT2D eigenvalue weighted by atomic mass is 16.5. The molecule has 0 aliphatic rings. The van der Waals surface area contributed by atoms with E-state index in [1.807, 2.05) is 31.2 Å². The van der Waals surface area contributed by atoms with E-state index in [9.17, 15) is 14.4 Å². The van der Waals surface area contributed by atoms with Crippen molar-refractivity contribution in [2.24, 2.45) is 0 Å². The topological polar surface area (TPSA) is 75.7 Å². The number of methoxy groups -OCH3 is 1. The summed E-state index contributed by atoms with van der Waals surface area (Å²) in [6.07, 6.45) is -0.0198. The van der Waals surface area contributed by atoms with E-state index in [2.05, 4.69) is 10.1 Å². The molecular formula is C15H20N2O4. The zero-order valence-corrected chi connectivity index (χ0v) is 12.5. The van der Waals surface area contributed by atoms with Gasteiger partial charge < -0.3 is 10.1 Å². The third kappa shape index (κ3) is 5.64. The number of hydrogen-bond donors (Lipinski definition) is 1. The molecule has 1 N–H and O–H groups in total. The van der Waals surface area contributed by atoms with Crippen LogP contribution < -0.4 is 5.32 Å². The van der Waals surface area contributed by atoms with Crippen LogP contribution in [0.25, 0.3) is 0 Å². The first-order chi connectivity index (χ1) is 9.93. The summed E-state index contributed by atoms with van der Waals surface area (Å²) < 4.78 is 4.49. The molecule has 114 valence electrons. The number of carbonyl (C=O) groups excluding carboxylic acids is 3. The van der Waals surface area contributed by atoms with Crippen molar-refractivity contribution in [1.82, 2.24) is 10.2 Å². The molecule has 0 aliphatic carbocycles. The van der Waals surface area contributed by atoms with E-state index in [1.165, 1.54) is 14.0 Å². The fourth-order valence-corrected chi connectivity index (χ4v) is 1.69. The van der Waals surface area contributed by atoms with Crippen molar-refractivity contribution < 1.29 is 19.1 Å². The van der Waals surface area contributed by atoms with E-state index in [-0.39, 0.29) is 13.0 Å². The summed E-state index contributed by atoms with van der Waals surface area (Å²) in [5.41, 5.74) is 2.07. The summed E-state index contributed by atoms with van der Waals surface area (Å²) in [6, 6.07) is 7.18. The van der Waals surface area contributed by atoms with Crippen molar-refractivity contribution in [2.75, 3.05) is 13.7 Å². The van der Waals surface area contributed by atoms with E-state index >= 15 is 0 Å². The van der Waals surface area contributed by atoms with Crippen molar-refractivity contribution in [2.45, 2.75) is 26.8 Å². The lowest BCUT2D eigenvalue weighted by molar-refractivity contribution is -0.141. The summed E-state index contributed by atoms with van der Waals surface area (Å²) >= 11 is 0. The van der Waals surface area contributed by atoms with Crippen molar-refractivity contribution >= 4 is 17.9 Å². The molecule has 1 aromatic carbocycles. The van der Waals surface area contributed by atoms with E-state index in [1.54, 1.807) is 0 Å². The Balaban J connectivity index is 2.54. The Morgan fingerprint density at radius 2 is 1.81 bits per heavy atom. The number of aryl methyl sites for hydroxylation is 1. The first-order valence-electron chi connectivity index (χ1n) is 6.62. The molecule has 3 amide bonds. The second kappa shape index (κ2) is 8.04. The fraction of sp³-hybridized carbons (Fsp3) is 0.400. The molecule has 0 saturated heterocycles. The first-order valence-corrected chi connectivity index (χ1v) is 6.62. The lowest BCUT2D eigenvalue weighted by Crippen LogP contribution is -2.43. The Bertz CT molecular complexity index is 511. The van der Waals surface area contributed by atoms with Crippen LogP contribution in [0.4, 0.5) is 4.79 Å². The molecule has 1 rings (SSSR count). The van der Waals surface area contributed by atoms with Crippen LogP contribution in [-0.4, -0.2) is 36.5 Å². The van der Waals surface area contributed by atoms with Crippen molar-refractivity contribution in [1.29, 1.82) is 0 Å².